The summed E-state index contributed by atoms with van der Waals surface area (Å²) in [4.78, 5) is 12.3. The van der Waals surface area contributed by atoms with Gasteiger partial charge >= 0.3 is 6.18 Å². The number of carbonyl (C=O) groups excluding carboxylic acids is 1. The van der Waals surface area contributed by atoms with E-state index in [-0.39, 0.29) is 6.04 Å². The summed E-state index contributed by atoms with van der Waals surface area (Å²) in [5, 5.41) is 13.1. The smallest absolute Gasteiger partial charge is 0.419 e. The predicted molar refractivity (Wildman–Crippen MR) is 83.1 cm³/mol. The van der Waals surface area contributed by atoms with Gasteiger partial charge in [-0.25, -0.2) is 0 Å². The second-order valence-electron chi connectivity index (χ2n) is 5.61. The van der Waals surface area contributed by atoms with E-state index in [0.29, 0.717) is 11.4 Å². The van der Waals surface area contributed by atoms with Gasteiger partial charge in [0.2, 0.25) is 0 Å². The predicted octanol–water partition coefficient (Wildman–Crippen LogP) is 4.48. The summed E-state index contributed by atoms with van der Waals surface area (Å²) in [5.74, 6) is -1.80. The molecule has 3 rings (SSSR count). The standard InChI is InChI=1S/C17H13ClF3NO2/c18-10-5-6-11-9(8-10)4-7-14(11)22-16(24)12-2-1-3-13(15(12)23)17(19,20)21/h1-3,5-6,8,14,23H,4,7H2,(H,22,24)/t14-/m1/s1. The number of amides is 1. The third-order valence-electron chi connectivity index (χ3n) is 4.07. The number of halogens is 4. The molecule has 2 aromatic carbocycles. The molecule has 126 valence electrons. The van der Waals surface area contributed by atoms with Crippen LogP contribution in [0.5, 0.6) is 5.75 Å². The largest absolute Gasteiger partial charge is 0.506 e. The number of hydrogen-bond acceptors (Lipinski definition) is 2. The number of rotatable bonds is 2. The van der Waals surface area contributed by atoms with Crippen molar-refractivity contribution in [1.29, 1.82) is 0 Å². The molecule has 1 amide bonds. The molecule has 24 heavy (non-hydrogen) atoms. The third-order valence-corrected chi connectivity index (χ3v) is 4.31. The van der Waals surface area contributed by atoms with Crippen molar-refractivity contribution >= 4 is 17.5 Å². The Hall–Kier alpha value is -2.21. The molecule has 1 aliphatic carbocycles. The molecule has 3 nitrogen and oxygen atoms in total. The lowest BCUT2D eigenvalue weighted by molar-refractivity contribution is -0.138. The summed E-state index contributed by atoms with van der Waals surface area (Å²) in [5.41, 5.74) is 0.265. The summed E-state index contributed by atoms with van der Waals surface area (Å²) in [6.07, 6.45) is -3.38. The molecule has 0 unspecified atom stereocenters. The highest BCUT2D eigenvalue weighted by molar-refractivity contribution is 6.30. The summed E-state index contributed by atoms with van der Waals surface area (Å²) in [7, 11) is 0. The fourth-order valence-corrected chi connectivity index (χ4v) is 3.12. The summed E-state index contributed by atoms with van der Waals surface area (Å²) < 4.78 is 38.5. The molecule has 0 saturated heterocycles. The fraction of sp³-hybridized carbons (Fsp3) is 0.235. The zero-order valence-corrected chi connectivity index (χ0v) is 13.1. The Morgan fingerprint density at radius 1 is 1.25 bits per heavy atom. The fourth-order valence-electron chi connectivity index (χ4n) is 2.93. The summed E-state index contributed by atoms with van der Waals surface area (Å²) in [6, 6.07) is 7.98. The highest BCUT2D eigenvalue weighted by atomic mass is 35.5. The average Bonchev–Trinajstić information content (AvgIpc) is 2.88. The van der Waals surface area contributed by atoms with Crippen molar-refractivity contribution in [2.45, 2.75) is 25.1 Å². The number of hydrogen-bond donors (Lipinski definition) is 2. The number of nitrogens with one attached hydrogen (secondary N) is 1. The maximum absolute atomic E-state index is 12.8. The number of para-hydroxylation sites is 1. The van der Waals surface area contributed by atoms with Gasteiger partial charge in [0.25, 0.3) is 5.91 Å². The SMILES string of the molecule is O=C(N[C@@H]1CCc2cc(Cl)ccc21)c1cccc(C(F)(F)F)c1O. The molecule has 7 heteroatoms. The van der Waals surface area contributed by atoms with Crippen LogP contribution in [0.1, 0.15) is 39.5 Å². The molecular formula is C17H13ClF3NO2. The molecule has 1 aliphatic rings. The van der Waals surface area contributed by atoms with Crippen molar-refractivity contribution in [3.63, 3.8) is 0 Å². The molecule has 0 heterocycles. The van der Waals surface area contributed by atoms with E-state index in [9.17, 15) is 23.1 Å². The van der Waals surface area contributed by atoms with Crippen LogP contribution >= 0.6 is 11.6 Å². The van der Waals surface area contributed by atoms with E-state index in [2.05, 4.69) is 5.32 Å². The maximum atomic E-state index is 12.8. The number of alkyl halides is 3. The lowest BCUT2D eigenvalue weighted by Crippen LogP contribution is -2.27. The van der Waals surface area contributed by atoms with Crippen LogP contribution < -0.4 is 5.32 Å². The zero-order valence-electron chi connectivity index (χ0n) is 12.3. The minimum absolute atomic E-state index is 0.321. The van der Waals surface area contributed by atoms with Crippen LogP contribution in [0.15, 0.2) is 36.4 Å². The van der Waals surface area contributed by atoms with Crippen LogP contribution in [0.25, 0.3) is 0 Å². The van der Waals surface area contributed by atoms with Crippen molar-refractivity contribution in [1.82, 2.24) is 5.32 Å². The van der Waals surface area contributed by atoms with Crippen molar-refractivity contribution < 1.29 is 23.1 Å². The number of phenols is 1. The van der Waals surface area contributed by atoms with Gasteiger partial charge in [0, 0.05) is 5.02 Å². The molecule has 0 aliphatic heterocycles. The van der Waals surface area contributed by atoms with Gasteiger partial charge in [-0.2, -0.15) is 13.2 Å². The first-order valence-electron chi connectivity index (χ1n) is 7.25. The van der Waals surface area contributed by atoms with Crippen LogP contribution in [0.2, 0.25) is 5.02 Å². The number of aryl methyl sites for hydroxylation is 1. The topological polar surface area (TPSA) is 49.3 Å². The van der Waals surface area contributed by atoms with Crippen LogP contribution in [0.4, 0.5) is 13.2 Å². The Kier molecular flexibility index (Phi) is 4.17. The first kappa shape index (κ1) is 16.6. The van der Waals surface area contributed by atoms with E-state index in [1.54, 1.807) is 12.1 Å². The monoisotopic (exact) mass is 355 g/mol. The van der Waals surface area contributed by atoms with Crippen LogP contribution in [0.3, 0.4) is 0 Å². The Morgan fingerprint density at radius 3 is 2.71 bits per heavy atom. The van der Waals surface area contributed by atoms with Gasteiger partial charge in [0.15, 0.2) is 0 Å². The molecule has 2 N–H and O–H groups in total. The van der Waals surface area contributed by atoms with Gasteiger partial charge < -0.3 is 10.4 Å². The quantitative estimate of drug-likeness (QED) is 0.834. The van der Waals surface area contributed by atoms with Crippen molar-refractivity contribution in [2.75, 3.05) is 0 Å². The first-order valence-corrected chi connectivity index (χ1v) is 7.63. The van der Waals surface area contributed by atoms with Gasteiger partial charge in [-0.15, -0.1) is 0 Å². The molecule has 0 radical (unpaired) electrons. The van der Waals surface area contributed by atoms with E-state index in [1.807, 2.05) is 6.07 Å². The minimum atomic E-state index is -4.73. The van der Waals surface area contributed by atoms with E-state index >= 15 is 0 Å². The van der Waals surface area contributed by atoms with Gasteiger partial charge in [0.1, 0.15) is 5.75 Å². The molecule has 2 aromatic rings. The Morgan fingerprint density at radius 2 is 2.00 bits per heavy atom. The highest BCUT2D eigenvalue weighted by Crippen LogP contribution is 2.38. The van der Waals surface area contributed by atoms with Crippen molar-refractivity contribution in [3.05, 3.63) is 63.7 Å². The van der Waals surface area contributed by atoms with E-state index in [4.69, 9.17) is 11.6 Å². The van der Waals surface area contributed by atoms with E-state index in [1.165, 1.54) is 0 Å². The number of carbonyl (C=O) groups is 1. The lowest BCUT2D eigenvalue weighted by Gasteiger charge is -2.16. The Balaban J connectivity index is 1.85. The van der Waals surface area contributed by atoms with Crippen molar-refractivity contribution in [3.8, 4) is 5.75 Å². The second-order valence-corrected chi connectivity index (χ2v) is 6.04. The molecule has 0 spiro atoms. The van der Waals surface area contributed by atoms with Gasteiger partial charge in [0.05, 0.1) is 17.2 Å². The first-order chi connectivity index (χ1) is 11.3. The van der Waals surface area contributed by atoms with Crippen molar-refractivity contribution in [2.24, 2.45) is 0 Å². The molecule has 0 fully saturated rings. The molecule has 0 aromatic heterocycles. The van der Waals surface area contributed by atoms with Gasteiger partial charge in [-0.3, -0.25) is 4.79 Å². The highest BCUT2D eigenvalue weighted by Gasteiger charge is 2.36. The molecule has 1 atom stereocenters. The number of aromatic hydroxyl groups is 1. The number of fused-ring (bicyclic) bond motifs is 1. The zero-order chi connectivity index (χ0) is 17.5. The van der Waals surface area contributed by atoms with Gasteiger partial charge in [-0.1, -0.05) is 23.7 Å². The molecular weight excluding hydrogens is 343 g/mol. The normalized spacial score (nSPS) is 16.8. The van der Waals surface area contributed by atoms with Crippen LogP contribution in [0, 0.1) is 0 Å². The maximum Gasteiger partial charge on any atom is 0.419 e. The lowest BCUT2D eigenvalue weighted by atomic mass is 10.1. The Labute approximate surface area is 141 Å². The summed E-state index contributed by atoms with van der Waals surface area (Å²) >= 11 is 5.93. The Bertz CT molecular complexity index is 805. The number of phenolic OH excluding ortho intramolecular Hbond substituents is 1. The minimum Gasteiger partial charge on any atom is -0.506 e. The van der Waals surface area contributed by atoms with E-state index in [0.717, 1.165) is 35.7 Å². The molecule has 0 saturated carbocycles. The average molecular weight is 356 g/mol. The number of benzene rings is 2. The second kappa shape index (κ2) is 6.02. The van der Waals surface area contributed by atoms with Crippen LogP contribution in [-0.2, 0) is 12.6 Å². The van der Waals surface area contributed by atoms with Gasteiger partial charge in [-0.05, 0) is 48.2 Å². The van der Waals surface area contributed by atoms with Crippen LogP contribution in [-0.4, -0.2) is 11.0 Å². The third kappa shape index (κ3) is 3.06. The van der Waals surface area contributed by atoms with E-state index < -0.39 is 29.0 Å². The molecule has 0 bridgehead atoms. The summed E-state index contributed by atoms with van der Waals surface area (Å²) in [6.45, 7) is 0.